The number of para-hydroxylation sites is 1. The van der Waals surface area contributed by atoms with E-state index >= 15 is 0 Å². The van der Waals surface area contributed by atoms with Gasteiger partial charge >= 0.3 is 5.97 Å². The van der Waals surface area contributed by atoms with Gasteiger partial charge in [-0.2, -0.15) is 5.26 Å². The Morgan fingerprint density at radius 2 is 1.96 bits per heavy atom. The van der Waals surface area contributed by atoms with Crippen molar-refractivity contribution in [2.75, 3.05) is 11.4 Å². The highest BCUT2D eigenvalue weighted by Gasteiger charge is 2.26. The summed E-state index contributed by atoms with van der Waals surface area (Å²) in [5.74, 6) is 0.0612. The van der Waals surface area contributed by atoms with Gasteiger partial charge in [0.2, 0.25) is 0 Å². The second-order valence-electron chi connectivity index (χ2n) is 5.61. The van der Waals surface area contributed by atoms with E-state index in [0.717, 1.165) is 0 Å². The second-order valence-corrected chi connectivity index (χ2v) is 5.61. The van der Waals surface area contributed by atoms with Crippen LogP contribution in [0.2, 0.25) is 0 Å². The average molecular weight is 340 g/mol. The van der Waals surface area contributed by atoms with Crippen molar-refractivity contribution in [2.45, 2.75) is 33.3 Å². The minimum absolute atomic E-state index is 0.182. The van der Waals surface area contributed by atoms with Gasteiger partial charge in [0.15, 0.2) is 6.10 Å². The van der Waals surface area contributed by atoms with Gasteiger partial charge in [-0.3, -0.25) is 4.79 Å². The van der Waals surface area contributed by atoms with Crippen molar-refractivity contribution in [1.82, 2.24) is 0 Å². The Labute approximate surface area is 146 Å². The molecule has 0 N–H and O–H groups in total. The molecule has 0 saturated carbocycles. The number of nitrogens with zero attached hydrogens (tertiary/aromatic N) is 2. The van der Waals surface area contributed by atoms with Crippen LogP contribution in [0, 0.1) is 25.2 Å². The summed E-state index contributed by atoms with van der Waals surface area (Å²) >= 11 is 0. The van der Waals surface area contributed by atoms with E-state index in [4.69, 9.17) is 14.4 Å². The number of aryl methyl sites for hydroxylation is 2. The Kier molecular flexibility index (Phi) is 5.96. The fourth-order valence-electron chi connectivity index (χ4n) is 2.46. The Morgan fingerprint density at radius 1 is 1.28 bits per heavy atom. The third kappa shape index (κ3) is 4.48. The zero-order valence-corrected chi connectivity index (χ0v) is 14.5. The molecule has 130 valence electrons. The van der Waals surface area contributed by atoms with Crippen LogP contribution in [0.5, 0.6) is 0 Å². The van der Waals surface area contributed by atoms with E-state index in [-0.39, 0.29) is 18.9 Å². The number of furan rings is 1. The number of esters is 1. The summed E-state index contributed by atoms with van der Waals surface area (Å²) in [5, 5.41) is 8.83. The highest BCUT2D eigenvalue weighted by atomic mass is 16.5. The molecule has 0 fully saturated rings. The first-order chi connectivity index (χ1) is 11.9. The third-order valence-electron chi connectivity index (χ3n) is 3.67. The van der Waals surface area contributed by atoms with Gasteiger partial charge < -0.3 is 14.1 Å². The van der Waals surface area contributed by atoms with E-state index in [1.807, 2.05) is 12.1 Å². The lowest BCUT2D eigenvalue weighted by Gasteiger charge is -2.25. The maximum Gasteiger partial charge on any atom is 0.342 e. The summed E-state index contributed by atoms with van der Waals surface area (Å²) in [7, 11) is 0. The van der Waals surface area contributed by atoms with Crippen LogP contribution in [0.4, 0.5) is 5.69 Å². The number of benzene rings is 1. The first kappa shape index (κ1) is 18.3. The molecule has 1 aromatic heterocycles. The molecule has 0 aliphatic heterocycles. The van der Waals surface area contributed by atoms with Gasteiger partial charge in [-0.25, -0.2) is 4.79 Å². The first-order valence-electron chi connectivity index (χ1n) is 7.95. The normalized spacial score (nSPS) is 11.4. The number of anilines is 1. The van der Waals surface area contributed by atoms with Gasteiger partial charge in [-0.1, -0.05) is 18.2 Å². The quantitative estimate of drug-likeness (QED) is 0.753. The van der Waals surface area contributed by atoms with Crippen molar-refractivity contribution < 1.29 is 18.7 Å². The summed E-state index contributed by atoms with van der Waals surface area (Å²) in [6.45, 7) is 5.15. The fraction of sp³-hybridized carbons (Fsp3) is 0.316. The molecule has 2 aromatic rings. The lowest BCUT2D eigenvalue weighted by molar-refractivity contribution is -0.126. The van der Waals surface area contributed by atoms with Gasteiger partial charge in [0.1, 0.15) is 17.1 Å². The molecule has 0 aliphatic carbocycles. The lowest BCUT2D eigenvalue weighted by atomic mass is 10.2. The van der Waals surface area contributed by atoms with Gasteiger partial charge in [0, 0.05) is 12.2 Å². The second kappa shape index (κ2) is 8.15. The fourth-order valence-corrected chi connectivity index (χ4v) is 2.46. The van der Waals surface area contributed by atoms with Crippen LogP contribution in [-0.4, -0.2) is 24.5 Å². The largest absolute Gasteiger partial charge is 0.466 e. The van der Waals surface area contributed by atoms with Gasteiger partial charge in [0.25, 0.3) is 5.91 Å². The maximum absolute atomic E-state index is 12.7. The van der Waals surface area contributed by atoms with Crippen molar-refractivity contribution in [2.24, 2.45) is 0 Å². The van der Waals surface area contributed by atoms with E-state index < -0.39 is 12.1 Å². The summed E-state index contributed by atoms with van der Waals surface area (Å²) in [6, 6.07) is 12.6. The molecule has 0 bridgehead atoms. The Balaban J connectivity index is 2.14. The Hall–Kier alpha value is -3.07. The molecule has 1 amide bonds. The molecule has 6 heteroatoms. The van der Waals surface area contributed by atoms with E-state index in [2.05, 4.69) is 0 Å². The molecule has 0 aliphatic rings. The standard InChI is InChI=1S/C19H20N2O4/c1-13-12-17(14(2)24-13)19(23)25-15(3)18(22)21(11-7-10-20)16-8-5-4-6-9-16/h4-6,8-9,12,15H,7,11H2,1-3H3. The van der Waals surface area contributed by atoms with Crippen LogP contribution >= 0.6 is 0 Å². The van der Waals surface area contributed by atoms with E-state index in [1.165, 1.54) is 11.8 Å². The smallest absolute Gasteiger partial charge is 0.342 e. The van der Waals surface area contributed by atoms with Gasteiger partial charge in [-0.05, 0) is 39.0 Å². The molecular formula is C19H20N2O4. The summed E-state index contributed by atoms with van der Waals surface area (Å²) in [6.07, 6.45) is -0.803. The number of hydrogen-bond acceptors (Lipinski definition) is 5. The van der Waals surface area contributed by atoms with Crippen molar-refractivity contribution in [3.05, 3.63) is 53.5 Å². The van der Waals surface area contributed by atoms with Crippen LogP contribution < -0.4 is 4.90 Å². The van der Waals surface area contributed by atoms with E-state index in [9.17, 15) is 9.59 Å². The predicted molar refractivity (Wildman–Crippen MR) is 92.1 cm³/mol. The van der Waals surface area contributed by atoms with Crippen molar-refractivity contribution >= 4 is 17.6 Å². The zero-order chi connectivity index (χ0) is 18.4. The number of amides is 1. The molecule has 6 nitrogen and oxygen atoms in total. The Morgan fingerprint density at radius 3 is 2.52 bits per heavy atom. The highest BCUT2D eigenvalue weighted by molar-refractivity contribution is 5.99. The number of hydrogen-bond donors (Lipinski definition) is 0. The summed E-state index contributed by atoms with van der Waals surface area (Å²) < 4.78 is 10.6. The van der Waals surface area contributed by atoms with Crippen molar-refractivity contribution in [1.29, 1.82) is 5.26 Å². The molecule has 1 atom stereocenters. The minimum Gasteiger partial charge on any atom is -0.466 e. The zero-order valence-electron chi connectivity index (χ0n) is 14.5. The minimum atomic E-state index is -0.985. The molecule has 0 saturated heterocycles. The van der Waals surface area contributed by atoms with Crippen molar-refractivity contribution in [3.63, 3.8) is 0 Å². The molecule has 25 heavy (non-hydrogen) atoms. The molecule has 0 spiro atoms. The third-order valence-corrected chi connectivity index (χ3v) is 3.67. The van der Waals surface area contributed by atoms with Crippen molar-refractivity contribution in [3.8, 4) is 6.07 Å². The average Bonchev–Trinajstić information content (AvgIpc) is 2.94. The number of ether oxygens (including phenoxy) is 1. The molecule has 1 heterocycles. The predicted octanol–water partition coefficient (Wildman–Crippen LogP) is 3.39. The first-order valence-corrected chi connectivity index (χ1v) is 7.95. The number of carbonyl (C=O) groups excluding carboxylic acids is 2. The number of rotatable bonds is 6. The molecule has 1 aromatic carbocycles. The number of carbonyl (C=O) groups is 2. The van der Waals surface area contributed by atoms with E-state index in [0.29, 0.717) is 22.8 Å². The monoisotopic (exact) mass is 340 g/mol. The Bertz CT molecular complexity index is 790. The lowest BCUT2D eigenvalue weighted by Crippen LogP contribution is -2.40. The molecule has 1 unspecified atom stereocenters. The molecule has 2 rings (SSSR count). The van der Waals surface area contributed by atoms with Crippen LogP contribution in [0.15, 0.2) is 40.8 Å². The number of nitriles is 1. The molecular weight excluding hydrogens is 320 g/mol. The molecule has 0 radical (unpaired) electrons. The van der Waals surface area contributed by atoms with Gasteiger partial charge in [-0.15, -0.1) is 0 Å². The van der Waals surface area contributed by atoms with E-state index in [1.54, 1.807) is 44.2 Å². The van der Waals surface area contributed by atoms with Crippen LogP contribution in [0.3, 0.4) is 0 Å². The van der Waals surface area contributed by atoms with Crippen LogP contribution in [-0.2, 0) is 9.53 Å². The van der Waals surface area contributed by atoms with Crippen LogP contribution in [0.1, 0.15) is 35.2 Å². The summed E-state index contributed by atoms with van der Waals surface area (Å²) in [4.78, 5) is 26.4. The van der Waals surface area contributed by atoms with Crippen LogP contribution in [0.25, 0.3) is 0 Å². The maximum atomic E-state index is 12.7. The van der Waals surface area contributed by atoms with Gasteiger partial charge in [0.05, 0.1) is 12.5 Å². The topological polar surface area (TPSA) is 83.5 Å². The summed E-state index contributed by atoms with van der Waals surface area (Å²) in [5.41, 5.74) is 0.960. The highest BCUT2D eigenvalue weighted by Crippen LogP contribution is 2.18. The SMILES string of the molecule is Cc1cc(C(=O)OC(C)C(=O)N(CCC#N)c2ccccc2)c(C)o1.